The highest BCUT2D eigenvalue weighted by Crippen LogP contribution is 2.24. The zero-order chi connectivity index (χ0) is 17.1. The highest BCUT2D eigenvalue weighted by molar-refractivity contribution is 7.80. The van der Waals surface area contributed by atoms with Crippen molar-refractivity contribution in [1.29, 1.82) is 0 Å². The van der Waals surface area contributed by atoms with Gasteiger partial charge in [-0.1, -0.05) is 48.6 Å². The van der Waals surface area contributed by atoms with Crippen molar-refractivity contribution in [3.05, 3.63) is 64.7 Å². The van der Waals surface area contributed by atoms with Crippen molar-refractivity contribution in [2.45, 2.75) is 20.4 Å². The third-order valence-electron chi connectivity index (χ3n) is 4.97. The van der Waals surface area contributed by atoms with E-state index in [1.54, 1.807) is 0 Å². The number of hydrogen-bond acceptors (Lipinski definition) is 3. The molecule has 2 N–H and O–H groups in total. The fourth-order valence-corrected chi connectivity index (χ4v) is 3.56. The molecule has 0 aromatic heterocycles. The van der Waals surface area contributed by atoms with Gasteiger partial charge in [-0.05, 0) is 36.6 Å². The average molecular weight is 340 g/mol. The molecule has 0 atom stereocenters. The molecule has 126 valence electrons. The second-order valence-electron chi connectivity index (χ2n) is 6.50. The summed E-state index contributed by atoms with van der Waals surface area (Å²) >= 11 is 5.18. The topological polar surface area (TPSA) is 32.5 Å². The summed E-state index contributed by atoms with van der Waals surface area (Å²) in [5.74, 6) is 0. The number of thiocarbonyl (C=S) groups is 1. The van der Waals surface area contributed by atoms with E-state index in [4.69, 9.17) is 18.0 Å². The first-order chi connectivity index (χ1) is 11.6. The summed E-state index contributed by atoms with van der Waals surface area (Å²) in [4.78, 5) is 5.47. The van der Waals surface area contributed by atoms with Gasteiger partial charge in [-0.3, -0.25) is 4.90 Å². The lowest BCUT2D eigenvalue weighted by molar-refractivity contribution is 0.249. The van der Waals surface area contributed by atoms with E-state index in [1.807, 2.05) is 12.1 Å². The molecule has 2 aromatic rings. The van der Waals surface area contributed by atoms with Gasteiger partial charge in [-0.2, -0.15) is 0 Å². The summed E-state index contributed by atoms with van der Waals surface area (Å²) in [6, 6.07) is 14.8. The Bertz CT molecular complexity index is 733. The van der Waals surface area contributed by atoms with E-state index in [9.17, 15) is 0 Å². The van der Waals surface area contributed by atoms with Crippen LogP contribution in [0.1, 0.15) is 22.3 Å². The summed E-state index contributed by atoms with van der Waals surface area (Å²) in [5, 5.41) is 0. The SMILES string of the molecule is Cc1cccc(N2CCN(Cc3ccccc3C(N)=S)CC2)c1C. The first-order valence-corrected chi connectivity index (χ1v) is 8.88. The van der Waals surface area contributed by atoms with Crippen LogP contribution in [-0.4, -0.2) is 36.1 Å². The summed E-state index contributed by atoms with van der Waals surface area (Å²) in [6.45, 7) is 9.53. The number of benzene rings is 2. The molecule has 1 aliphatic heterocycles. The molecule has 3 nitrogen and oxygen atoms in total. The van der Waals surface area contributed by atoms with Gasteiger partial charge >= 0.3 is 0 Å². The van der Waals surface area contributed by atoms with E-state index in [-0.39, 0.29) is 0 Å². The van der Waals surface area contributed by atoms with E-state index >= 15 is 0 Å². The molecule has 0 aliphatic carbocycles. The van der Waals surface area contributed by atoms with Crippen molar-refractivity contribution < 1.29 is 0 Å². The van der Waals surface area contributed by atoms with Crippen LogP contribution < -0.4 is 10.6 Å². The average Bonchev–Trinajstić information content (AvgIpc) is 2.58. The fraction of sp³-hybridized carbons (Fsp3) is 0.350. The monoisotopic (exact) mass is 339 g/mol. The zero-order valence-electron chi connectivity index (χ0n) is 14.5. The number of hydrogen-bond donors (Lipinski definition) is 1. The van der Waals surface area contributed by atoms with Gasteiger partial charge in [0.2, 0.25) is 0 Å². The number of piperazine rings is 1. The highest BCUT2D eigenvalue weighted by Gasteiger charge is 2.19. The molecule has 1 aliphatic rings. The second-order valence-corrected chi connectivity index (χ2v) is 6.94. The van der Waals surface area contributed by atoms with Gasteiger partial charge in [-0.25, -0.2) is 0 Å². The summed E-state index contributed by atoms with van der Waals surface area (Å²) in [5.41, 5.74) is 12.2. The van der Waals surface area contributed by atoms with Crippen LogP contribution in [0.15, 0.2) is 42.5 Å². The molecule has 0 amide bonds. The van der Waals surface area contributed by atoms with E-state index in [1.165, 1.54) is 22.4 Å². The molecule has 0 saturated carbocycles. The molecule has 3 rings (SSSR count). The second kappa shape index (κ2) is 7.32. The van der Waals surface area contributed by atoms with Crippen LogP contribution in [0.5, 0.6) is 0 Å². The maximum absolute atomic E-state index is 5.85. The molecular formula is C20H25N3S. The molecule has 0 spiro atoms. The molecule has 1 fully saturated rings. The molecule has 0 unspecified atom stereocenters. The smallest absolute Gasteiger partial charge is 0.104 e. The minimum Gasteiger partial charge on any atom is -0.389 e. The van der Waals surface area contributed by atoms with Crippen LogP contribution in [0.25, 0.3) is 0 Å². The van der Waals surface area contributed by atoms with Crippen molar-refractivity contribution in [2.75, 3.05) is 31.1 Å². The Morgan fingerprint density at radius 1 is 1.00 bits per heavy atom. The maximum atomic E-state index is 5.85. The zero-order valence-corrected chi connectivity index (χ0v) is 15.3. The van der Waals surface area contributed by atoms with Gasteiger partial charge in [0.1, 0.15) is 4.99 Å². The lowest BCUT2D eigenvalue weighted by atomic mass is 10.1. The van der Waals surface area contributed by atoms with Crippen LogP contribution in [0.3, 0.4) is 0 Å². The van der Waals surface area contributed by atoms with E-state index < -0.39 is 0 Å². The van der Waals surface area contributed by atoms with Crippen LogP contribution in [0.4, 0.5) is 5.69 Å². The Balaban J connectivity index is 1.66. The number of nitrogens with two attached hydrogens (primary N) is 1. The van der Waals surface area contributed by atoms with Gasteiger partial charge in [0.05, 0.1) is 0 Å². The third kappa shape index (κ3) is 3.60. The Labute approximate surface area is 150 Å². The minimum atomic E-state index is 0.486. The van der Waals surface area contributed by atoms with Crippen LogP contribution in [0.2, 0.25) is 0 Å². The van der Waals surface area contributed by atoms with Crippen molar-refractivity contribution >= 4 is 22.9 Å². The summed E-state index contributed by atoms with van der Waals surface area (Å²) < 4.78 is 0. The van der Waals surface area contributed by atoms with E-state index in [2.05, 4.69) is 54.0 Å². The van der Waals surface area contributed by atoms with Crippen molar-refractivity contribution in [3.63, 3.8) is 0 Å². The molecular weight excluding hydrogens is 314 g/mol. The molecule has 24 heavy (non-hydrogen) atoms. The van der Waals surface area contributed by atoms with Gasteiger partial charge in [-0.15, -0.1) is 0 Å². The largest absolute Gasteiger partial charge is 0.389 e. The maximum Gasteiger partial charge on any atom is 0.104 e. The van der Waals surface area contributed by atoms with Gasteiger partial charge < -0.3 is 10.6 Å². The minimum absolute atomic E-state index is 0.486. The molecule has 4 heteroatoms. The number of aryl methyl sites for hydroxylation is 1. The van der Waals surface area contributed by atoms with Crippen molar-refractivity contribution in [2.24, 2.45) is 5.73 Å². The van der Waals surface area contributed by atoms with Crippen molar-refractivity contribution in [3.8, 4) is 0 Å². The Morgan fingerprint density at radius 2 is 1.71 bits per heavy atom. The van der Waals surface area contributed by atoms with Crippen LogP contribution in [0, 0.1) is 13.8 Å². The highest BCUT2D eigenvalue weighted by atomic mass is 32.1. The Morgan fingerprint density at radius 3 is 2.42 bits per heavy atom. The lowest BCUT2D eigenvalue weighted by Gasteiger charge is -2.37. The predicted molar refractivity (Wildman–Crippen MR) is 106 cm³/mol. The number of rotatable bonds is 4. The Hall–Kier alpha value is -1.91. The normalized spacial score (nSPS) is 15.5. The number of nitrogens with zero attached hydrogens (tertiary/aromatic N) is 2. The van der Waals surface area contributed by atoms with Crippen LogP contribution >= 0.6 is 12.2 Å². The van der Waals surface area contributed by atoms with Gasteiger partial charge in [0.25, 0.3) is 0 Å². The molecule has 0 bridgehead atoms. The molecule has 0 radical (unpaired) electrons. The molecule has 2 aromatic carbocycles. The van der Waals surface area contributed by atoms with Gasteiger partial charge in [0.15, 0.2) is 0 Å². The molecule has 1 heterocycles. The quantitative estimate of drug-likeness (QED) is 0.867. The first-order valence-electron chi connectivity index (χ1n) is 8.47. The third-order valence-corrected chi connectivity index (χ3v) is 5.19. The fourth-order valence-electron chi connectivity index (χ4n) is 3.36. The summed E-state index contributed by atoms with van der Waals surface area (Å²) in [7, 11) is 0. The van der Waals surface area contributed by atoms with Crippen LogP contribution in [-0.2, 0) is 6.54 Å². The van der Waals surface area contributed by atoms with Gasteiger partial charge in [0, 0.05) is 44.0 Å². The van der Waals surface area contributed by atoms with E-state index in [0.717, 1.165) is 38.3 Å². The van der Waals surface area contributed by atoms with E-state index in [0.29, 0.717) is 4.99 Å². The summed E-state index contributed by atoms with van der Waals surface area (Å²) in [6.07, 6.45) is 0. The first kappa shape index (κ1) is 16.9. The molecule has 1 saturated heterocycles. The standard InChI is InChI=1S/C20H25N3S/c1-15-6-5-9-19(16(15)2)23-12-10-22(11-13-23)14-17-7-3-4-8-18(17)20(21)24/h3-9H,10-14H2,1-2H3,(H2,21,24). The number of anilines is 1. The lowest BCUT2D eigenvalue weighted by Crippen LogP contribution is -2.46. The predicted octanol–water partition coefficient (Wildman–Crippen LogP) is 3.26. The Kier molecular flexibility index (Phi) is 5.17. The van der Waals surface area contributed by atoms with Crippen molar-refractivity contribution in [1.82, 2.24) is 4.90 Å².